The van der Waals surface area contributed by atoms with Crippen molar-refractivity contribution in [1.29, 1.82) is 0 Å². The van der Waals surface area contributed by atoms with Crippen molar-refractivity contribution < 1.29 is 14.3 Å². The molecule has 0 radical (unpaired) electrons. The average molecular weight is 350 g/mol. The summed E-state index contributed by atoms with van der Waals surface area (Å²) in [5, 5.41) is 4.23. The number of hydrogen-bond donors (Lipinski definition) is 1. The Balaban J connectivity index is 2.17. The number of rotatable bonds is 6. The number of anilines is 2. The molecule has 3 aromatic rings. The molecule has 5 nitrogen and oxygen atoms in total. The average Bonchev–Trinajstić information content (AvgIpc) is 2.64. The number of benzene rings is 2. The first-order valence-electron chi connectivity index (χ1n) is 8.69. The molecule has 1 aromatic heterocycles. The highest BCUT2D eigenvalue weighted by Gasteiger charge is 2.18. The largest absolute Gasteiger partial charge is 0.492 e. The molecule has 0 saturated heterocycles. The van der Waals surface area contributed by atoms with Gasteiger partial charge < -0.3 is 14.8 Å². The van der Waals surface area contributed by atoms with Crippen LogP contribution in [0.15, 0.2) is 48.7 Å². The summed E-state index contributed by atoms with van der Waals surface area (Å²) in [5.74, 6) is 0.322. The van der Waals surface area contributed by atoms with Crippen molar-refractivity contribution in [2.75, 3.05) is 18.5 Å². The maximum absolute atomic E-state index is 12.5. The predicted octanol–water partition coefficient (Wildman–Crippen LogP) is 4.86. The molecule has 0 atom stereocenters. The molecular weight excluding hydrogens is 328 g/mol. The van der Waals surface area contributed by atoms with Crippen LogP contribution in [-0.2, 0) is 4.74 Å². The van der Waals surface area contributed by atoms with Gasteiger partial charge in [0.25, 0.3) is 0 Å². The molecule has 134 valence electrons. The summed E-state index contributed by atoms with van der Waals surface area (Å²) < 4.78 is 10.9. The van der Waals surface area contributed by atoms with Gasteiger partial charge in [0.05, 0.1) is 30.1 Å². The van der Waals surface area contributed by atoms with E-state index in [1.165, 1.54) is 0 Å². The normalized spacial score (nSPS) is 10.6. The molecule has 0 aliphatic carbocycles. The van der Waals surface area contributed by atoms with E-state index in [0.717, 1.165) is 27.9 Å². The van der Waals surface area contributed by atoms with Crippen LogP contribution in [0.5, 0.6) is 5.75 Å². The molecule has 1 heterocycles. The first kappa shape index (κ1) is 17.7. The van der Waals surface area contributed by atoms with Crippen LogP contribution in [-0.4, -0.2) is 24.2 Å². The Morgan fingerprint density at radius 2 is 1.92 bits per heavy atom. The molecule has 1 N–H and O–H groups in total. The van der Waals surface area contributed by atoms with Gasteiger partial charge in [-0.05, 0) is 45.0 Å². The lowest BCUT2D eigenvalue weighted by atomic mass is 10.1. The van der Waals surface area contributed by atoms with Gasteiger partial charge in [-0.1, -0.05) is 23.8 Å². The van der Waals surface area contributed by atoms with Crippen molar-refractivity contribution in [3.8, 4) is 5.75 Å². The molecule has 0 unspecified atom stereocenters. The first-order chi connectivity index (χ1) is 12.6. The zero-order valence-corrected chi connectivity index (χ0v) is 15.2. The molecule has 0 saturated carbocycles. The zero-order valence-electron chi connectivity index (χ0n) is 15.2. The van der Waals surface area contributed by atoms with Crippen LogP contribution in [0, 0.1) is 6.92 Å². The van der Waals surface area contributed by atoms with Gasteiger partial charge in [-0.2, -0.15) is 0 Å². The van der Waals surface area contributed by atoms with E-state index >= 15 is 0 Å². The number of aromatic nitrogens is 1. The smallest absolute Gasteiger partial charge is 0.341 e. The van der Waals surface area contributed by atoms with Crippen molar-refractivity contribution in [2.45, 2.75) is 20.8 Å². The second-order valence-electron chi connectivity index (χ2n) is 5.84. The minimum absolute atomic E-state index is 0.305. The number of pyridine rings is 1. The zero-order chi connectivity index (χ0) is 18.5. The highest BCUT2D eigenvalue weighted by Crippen LogP contribution is 2.34. The fourth-order valence-corrected chi connectivity index (χ4v) is 2.79. The predicted molar refractivity (Wildman–Crippen MR) is 103 cm³/mol. The SMILES string of the molecule is CCOC(=O)c1cnc2ccc(C)cc2c1Nc1ccccc1OCC. The number of fused-ring (bicyclic) bond motifs is 1. The van der Waals surface area contributed by atoms with E-state index in [0.29, 0.717) is 24.5 Å². The maximum atomic E-state index is 12.5. The van der Waals surface area contributed by atoms with Crippen LogP contribution in [0.4, 0.5) is 11.4 Å². The molecule has 0 fully saturated rings. The fraction of sp³-hybridized carbons (Fsp3) is 0.238. The minimum atomic E-state index is -0.403. The van der Waals surface area contributed by atoms with Crippen LogP contribution in [0.2, 0.25) is 0 Å². The van der Waals surface area contributed by atoms with Gasteiger partial charge in [0, 0.05) is 11.6 Å². The summed E-state index contributed by atoms with van der Waals surface area (Å²) >= 11 is 0. The summed E-state index contributed by atoms with van der Waals surface area (Å²) in [7, 11) is 0. The van der Waals surface area contributed by atoms with Crippen LogP contribution in [0.25, 0.3) is 10.9 Å². The Bertz CT molecular complexity index is 938. The van der Waals surface area contributed by atoms with Gasteiger partial charge in [0.2, 0.25) is 0 Å². The third-order valence-electron chi connectivity index (χ3n) is 3.97. The fourth-order valence-electron chi connectivity index (χ4n) is 2.79. The summed E-state index contributed by atoms with van der Waals surface area (Å²) in [6.45, 7) is 6.59. The number of carbonyl (C=O) groups excluding carboxylic acids is 1. The standard InChI is InChI=1S/C21H22N2O3/c1-4-25-19-9-7-6-8-18(19)23-20-15-12-14(3)10-11-17(15)22-13-16(20)21(24)26-5-2/h6-13H,4-5H2,1-3H3,(H,22,23). The quantitative estimate of drug-likeness (QED) is 0.643. The van der Waals surface area contributed by atoms with E-state index in [-0.39, 0.29) is 0 Å². The highest BCUT2D eigenvalue weighted by molar-refractivity contribution is 6.06. The van der Waals surface area contributed by atoms with Crippen molar-refractivity contribution in [3.63, 3.8) is 0 Å². The molecule has 2 aromatic carbocycles. The summed E-state index contributed by atoms with van der Waals surface area (Å²) in [5.41, 5.74) is 3.75. The Morgan fingerprint density at radius 3 is 2.69 bits per heavy atom. The third kappa shape index (κ3) is 3.61. The number of nitrogens with zero attached hydrogens (tertiary/aromatic N) is 1. The molecular formula is C21H22N2O3. The van der Waals surface area contributed by atoms with Gasteiger partial charge in [-0.25, -0.2) is 4.79 Å². The van der Waals surface area contributed by atoms with Crippen molar-refractivity contribution in [2.24, 2.45) is 0 Å². The van der Waals surface area contributed by atoms with Crippen LogP contribution >= 0.6 is 0 Å². The number of para-hydroxylation sites is 2. The second-order valence-corrected chi connectivity index (χ2v) is 5.84. The second kappa shape index (κ2) is 7.87. The van der Waals surface area contributed by atoms with E-state index in [2.05, 4.69) is 10.3 Å². The summed E-state index contributed by atoms with van der Waals surface area (Å²) in [6, 6.07) is 13.6. The molecule has 0 spiro atoms. The molecule has 0 aliphatic rings. The van der Waals surface area contributed by atoms with Gasteiger partial charge in [-0.3, -0.25) is 4.98 Å². The Morgan fingerprint density at radius 1 is 1.12 bits per heavy atom. The number of aryl methyl sites for hydroxylation is 1. The van der Waals surface area contributed by atoms with E-state index in [9.17, 15) is 4.79 Å². The van der Waals surface area contributed by atoms with E-state index in [4.69, 9.17) is 9.47 Å². The maximum Gasteiger partial charge on any atom is 0.341 e. The van der Waals surface area contributed by atoms with Crippen LogP contribution in [0.1, 0.15) is 29.8 Å². The lowest BCUT2D eigenvalue weighted by Gasteiger charge is -2.17. The van der Waals surface area contributed by atoms with E-state index in [1.54, 1.807) is 13.1 Å². The van der Waals surface area contributed by atoms with E-state index < -0.39 is 5.97 Å². The number of hydrogen-bond acceptors (Lipinski definition) is 5. The van der Waals surface area contributed by atoms with Gasteiger partial charge in [0.1, 0.15) is 11.3 Å². The van der Waals surface area contributed by atoms with Gasteiger partial charge >= 0.3 is 5.97 Å². The van der Waals surface area contributed by atoms with Crippen molar-refractivity contribution >= 4 is 28.2 Å². The van der Waals surface area contributed by atoms with Gasteiger partial charge in [-0.15, -0.1) is 0 Å². The molecule has 0 bridgehead atoms. The lowest BCUT2D eigenvalue weighted by Crippen LogP contribution is -2.10. The lowest BCUT2D eigenvalue weighted by molar-refractivity contribution is 0.0527. The van der Waals surface area contributed by atoms with Crippen LogP contribution in [0.3, 0.4) is 0 Å². The number of carbonyl (C=O) groups is 1. The third-order valence-corrected chi connectivity index (χ3v) is 3.97. The number of ether oxygens (including phenoxy) is 2. The molecule has 0 amide bonds. The highest BCUT2D eigenvalue weighted by atomic mass is 16.5. The van der Waals surface area contributed by atoms with Gasteiger partial charge in [0.15, 0.2) is 0 Å². The topological polar surface area (TPSA) is 60.5 Å². The van der Waals surface area contributed by atoms with Crippen molar-refractivity contribution in [3.05, 3.63) is 59.8 Å². The Labute approximate surface area is 153 Å². The molecule has 26 heavy (non-hydrogen) atoms. The molecule has 3 rings (SSSR count). The van der Waals surface area contributed by atoms with Crippen LogP contribution < -0.4 is 10.1 Å². The molecule has 0 aliphatic heterocycles. The van der Waals surface area contributed by atoms with Crippen molar-refractivity contribution in [1.82, 2.24) is 4.98 Å². The minimum Gasteiger partial charge on any atom is -0.492 e. The number of nitrogens with one attached hydrogen (secondary N) is 1. The first-order valence-corrected chi connectivity index (χ1v) is 8.69. The monoisotopic (exact) mass is 350 g/mol. The summed E-state index contributed by atoms with van der Waals surface area (Å²) in [4.78, 5) is 16.9. The number of esters is 1. The Kier molecular flexibility index (Phi) is 5.37. The Hall–Kier alpha value is -3.08. The van der Waals surface area contributed by atoms with E-state index in [1.807, 2.05) is 56.3 Å². The summed E-state index contributed by atoms with van der Waals surface area (Å²) in [6.07, 6.45) is 1.56. The molecule has 5 heteroatoms.